The average molecular weight is 293 g/mol. The molecule has 0 bridgehead atoms. The van der Waals surface area contributed by atoms with Crippen LogP contribution in [0.3, 0.4) is 0 Å². The molecule has 0 aliphatic carbocycles. The van der Waals surface area contributed by atoms with Crippen LogP contribution in [0.4, 0.5) is 0 Å². The second-order valence-corrected chi connectivity index (χ2v) is 11.4. The molecule has 2 aromatic heterocycles. The monoisotopic (exact) mass is 293 g/mol. The lowest BCUT2D eigenvalue weighted by molar-refractivity contribution is -0.0279. The zero-order valence-electron chi connectivity index (χ0n) is 12.0. The number of nitrogens with zero attached hydrogens (tertiary/aromatic N) is 2. The van der Waals surface area contributed by atoms with Crippen LogP contribution in [-0.4, -0.2) is 42.6 Å². The van der Waals surface area contributed by atoms with E-state index in [1.54, 1.807) is 18.3 Å². The highest BCUT2D eigenvalue weighted by atomic mass is 28.3. The van der Waals surface area contributed by atoms with E-state index in [2.05, 4.69) is 34.8 Å². The fourth-order valence-electron chi connectivity index (χ4n) is 1.61. The van der Waals surface area contributed by atoms with E-state index in [-0.39, 0.29) is 6.79 Å². The van der Waals surface area contributed by atoms with Crippen molar-refractivity contribution in [1.82, 2.24) is 15.2 Å². The van der Waals surface area contributed by atoms with Crippen LogP contribution in [-0.2, 0) is 9.47 Å². The van der Waals surface area contributed by atoms with Crippen LogP contribution in [0.5, 0.6) is 0 Å². The number of esters is 1. The van der Waals surface area contributed by atoms with Gasteiger partial charge in [-0.15, -0.1) is 0 Å². The normalized spacial score (nSPS) is 11.8. The smallest absolute Gasteiger partial charge is 0.359 e. The predicted molar refractivity (Wildman–Crippen MR) is 78.3 cm³/mol. The Hall–Kier alpha value is -1.73. The fraction of sp³-hybridized carbons (Fsp3) is 0.462. The lowest BCUT2D eigenvalue weighted by atomic mass is 10.3. The molecule has 20 heavy (non-hydrogen) atoms. The number of ether oxygens (including phenoxy) is 2. The molecule has 0 aliphatic rings. The van der Waals surface area contributed by atoms with Crippen LogP contribution in [0.25, 0.3) is 11.0 Å². The first-order valence-corrected chi connectivity index (χ1v) is 10.2. The van der Waals surface area contributed by atoms with Crippen molar-refractivity contribution in [2.75, 3.05) is 13.4 Å². The van der Waals surface area contributed by atoms with Crippen LogP contribution in [0.1, 0.15) is 10.5 Å². The van der Waals surface area contributed by atoms with Gasteiger partial charge >= 0.3 is 5.97 Å². The van der Waals surface area contributed by atoms with Crippen molar-refractivity contribution in [2.45, 2.75) is 25.7 Å². The number of carbonyl (C=O) groups excluding carboxylic acids is 1. The highest BCUT2D eigenvalue weighted by molar-refractivity contribution is 6.76. The number of pyridine rings is 1. The number of hydrogen-bond acceptors (Lipinski definition) is 5. The molecule has 7 heteroatoms. The maximum absolute atomic E-state index is 11.9. The predicted octanol–water partition coefficient (Wildman–Crippen LogP) is 2.43. The summed E-state index contributed by atoms with van der Waals surface area (Å²) in [7, 11) is -1.11. The van der Waals surface area contributed by atoms with Gasteiger partial charge in [-0.2, -0.15) is 5.10 Å². The molecule has 2 aromatic rings. The number of rotatable bonds is 6. The van der Waals surface area contributed by atoms with Gasteiger partial charge < -0.3 is 9.47 Å². The molecule has 0 atom stereocenters. The lowest BCUT2D eigenvalue weighted by Crippen LogP contribution is -2.22. The van der Waals surface area contributed by atoms with Gasteiger partial charge in [0.05, 0.1) is 5.39 Å². The van der Waals surface area contributed by atoms with E-state index in [4.69, 9.17) is 9.47 Å². The molecule has 108 valence electrons. The summed E-state index contributed by atoms with van der Waals surface area (Å²) in [5.41, 5.74) is 0.806. The molecule has 0 unspecified atom stereocenters. The van der Waals surface area contributed by atoms with Crippen LogP contribution < -0.4 is 0 Å². The molecule has 0 radical (unpaired) electrons. The molecule has 0 spiro atoms. The first-order valence-electron chi connectivity index (χ1n) is 6.51. The van der Waals surface area contributed by atoms with Crippen LogP contribution >= 0.6 is 0 Å². The number of aromatic amines is 1. The zero-order chi connectivity index (χ0) is 14.6. The fourth-order valence-corrected chi connectivity index (χ4v) is 2.37. The van der Waals surface area contributed by atoms with Crippen LogP contribution in [0.2, 0.25) is 25.7 Å². The summed E-state index contributed by atoms with van der Waals surface area (Å²) in [5, 5.41) is 7.24. The highest BCUT2D eigenvalue weighted by Gasteiger charge is 2.16. The van der Waals surface area contributed by atoms with Crippen molar-refractivity contribution in [3.05, 3.63) is 24.0 Å². The van der Waals surface area contributed by atoms with Gasteiger partial charge in [0.15, 0.2) is 18.1 Å². The molecule has 1 N–H and O–H groups in total. The van der Waals surface area contributed by atoms with E-state index >= 15 is 0 Å². The summed E-state index contributed by atoms with van der Waals surface area (Å²) < 4.78 is 10.4. The van der Waals surface area contributed by atoms with E-state index in [9.17, 15) is 4.79 Å². The number of fused-ring (bicyclic) bond motifs is 1. The molecule has 0 saturated heterocycles. The number of H-pyrrole nitrogens is 1. The van der Waals surface area contributed by atoms with Crippen molar-refractivity contribution in [3.8, 4) is 0 Å². The third-order valence-electron chi connectivity index (χ3n) is 2.80. The minimum Gasteiger partial charge on any atom is -0.434 e. The molecule has 0 aliphatic heterocycles. The molecule has 2 rings (SSSR count). The lowest BCUT2D eigenvalue weighted by Gasteiger charge is -2.15. The van der Waals surface area contributed by atoms with Crippen LogP contribution in [0, 0.1) is 0 Å². The Morgan fingerprint density at radius 3 is 2.95 bits per heavy atom. The van der Waals surface area contributed by atoms with Crippen molar-refractivity contribution in [3.63, 3.8) is 0 Å². The summed E-state index contributed by atoms with van der Waals surface area (Å²) in [4.78, 5) is 15.9. The first kappa shape index (κ1) is 14.7. The number of aromatic nitrogens is 3. The molecule has 0 fully saturated rings. The summed E-state index contributed by atoms with van der Waals surface area (Å²) in [6.45, 7) is 7.39. The molecular formula is C13H19N3O3Si. The summed E-state index contributed by atoms with van der Waals surface area (Å²) in [6.07, 6.45) is 1.62. The largest absolute Gasteiger partial charge is 0.434 e. The van der Waals surface area contributed by atoms with Crippen molar-refractivity contribution in [1.29, 1.82) is 0 Å². The Labute approximate surface area is 118 Å². The van der Waals surface area contributed by atoms with Crippen LogP contribution in [0.15, 0.2) is 18.3 Å². The van der Waals surface area contributed by atoms with Gasteiger partial charge in [-0.25, -0.2) is 9.78 Å². The molecular weight excluding hydrogens is 274 g/mol. The van der Waals surface area contributed by atoms with Gasteiger partial charge in [0.1, 0.15) is 0 Å². The Morgan fingerprint density at radius 2 is 2.20 bits per heavy atom. The summed E-state index contributed by atoms with van der Waals surface area (Å²) in [5.74, 6) is -0.478. The zero-order valence-corrected chi connectivity index (χ0v) is 13.0. The molecule has 0 amide bonds. The van der Waals surface area contributed by atoms with Gasteiger partial charge in [-0.05, 0) is 18.2 Å². The molecule has 0 saturated carbocycles. The van der Waals surface area contributed by atoms with Crippen molar-refractivity contribution < 1.29 is 14.3 Å². The maximum Gasteiger partial charge on any atom is 0.359 e. The third-order valence-corrected chi connectivity index (χ3v) is 4.51. The van der Waals surface area contributed by atoms with E-state index < -0.39 is 14.0 Å². The minimum absolute atomic E-state index is 0.0376. The quantitative estimate of drug-likeness (QED) is 0.383. The molecule has 0 aromatic carbocycles. The second-order valence-electron chi connectivity index (χ2n) is 5.74. The Morgan fingerprint density at radius 1 is 1.40 bits per heavy atom. The first-order chi connectivity index (χ1) is 9.47. The molecule has 2 heterocycles. The maximum atomic E-state index is 11.9. The standard InChI is InChI=1S/C13H19N3O3Si/c1-20(2,3)8-7-18-9-19-13(17)11-10-5-4-6-14-12(10)16-15-11/h4-6H,7-9H2,1-3H3,(H,14,15,16). The summed E-state index contributed by atoms with van der Waals surface area (Å²) >= 11 is 0. The number of nitrogens with one attached hydrogen (secondary N) is 1. The summed E-state index contributed by atoms with van der Waals surface area (Å²) in [6, 6.07) is 4.56. The topological polar surface area (TPSA) is 77.1 Å². The SMILES string of the molecule is C[Si](C)(C)CCOCOC(=O)c1[nH]nc2ncccc12. The number of carbonyl (C=O) groups is 1. The van der Waals surface area contributed by atoms with E-state index in [0.717, 1.165) is 6.04 Å². The Bertz CT molecular complexity index is 592. The van der Waals surface area contributed by atoms with Gasteiger partial charge in [0.2, 0.25) is 0 Å². The average Bonchev–Trinajstić information content (AvgIpc) is 2.80. The van der Waals surface area contributed by atoms with E-state index in [1.165, 1.54) is 0 Å². The minimum atomic E-state index is -1.11. The van der Waals surface area contributed by atoms with Crippen molar-refractivity contribution in [2.24, 2.45) is 0 Å². The van der Waals surface area contributed by atoms with Gasteiger partial charge in [0.25, 0.3) is 0 Å². The Balaban J connectivity index is 1.84. The van der Waals surface area contributed by atoms with E-state index in [1.807, 2.05) is 0 Å². The van der Waals surface area contributed by atoms with Gasteiger partial charge in [0, 0.05) is 20.9 Å². The number of hydrogen-bond donors (Lipinski definition) is 1. The van der Waals surface area contributed by atoms with E-state index in [0.29, 0.717) is 23.3 Å². The van der Waals surface area contributed by atoms with Crippen molar-refractivity contribution >= 4 is 25.1 Å². The second kappa shape index (κ2) is 6.15. The Kier molecular flexibility index (Phi) is 4.51. The van der Waals surface area contributed by atoms with Gasteiger partial charge in [-0.1, -0.05) is 19.6 Å². The third kappa shape index (κ3) is 3.88. The highest BCUT2D eigenvalue weighted by Crippen LogP contribution is 2.13. The molecule has 6 nitrogen and oxygen atoms in total. The van der Waals surface area contributed by atoms with Gasteiger partial charge in [-0.3, -0.25) is 5.10 Å².